The fourth-order valence-electron chi connectivity index (χ4n) is 1.39. The highest BCUT2D eigenvalue weighted by molar-refractivity contribution is 5.78. The van der Waals surface area contributed by atoms with Gasteiger partial charge in [-0.15, -0.1) is 0 Å². The molecule has 2 N–H and O–H groups in total. The molecule has 0 amide bonds. The number of ether oxygens (including phenoxy) is 1. The van der Waals surface area contributed by atoms with Gasteiger partial charge < -0.3 is 14.9 Å². The van der Waals surface area contributed by atoms with Gasteiger partial charge in [-0.1, -0.05) is 19.4 Å². The number of unbranched alkanes of at least 4 members (excludes halogenated alkanes) is 1. The number of benzene rings is 1. The average molecular weight is 238 g/mol. The fourth-order valence-corrected chi connectivity index (χ4v) is 1.39. The van der Waals surface area contributed by atoms with Crippen LogP contribution in [0.25, 0.3) is 0 Å². The molecule has 1 rings (SSSR count). The van der Waals surface area contributed by atoms with E-state index in [1.807, 2.05) is 6.92 Å². The van der Waals surface area contributed by atoms with Gasteiger partial charge in [-0.2, -0.15) is 0 Å². The van der Waals surface area contributed by atoms with Crippen molar-refractivity contribution in [1.29, 1.82) is 0 Å². The molecule has 0 aromatic heterocycles. The van der Waals surface area contributed by atoms with Crippen molar-refractivity contribution < 1.29 is 19.7 Å². The third-order valence-electron chi connectivity index (χ3n) is 2.60. The summed E-state index contributed by atoms with van der Waals surface area (Å²) in [7, 11) is 0. The zero-order chi connectivity index (χ0) is 12.8. The van der Waals surface area contributed by atoms with Crippen molar-refractivity contribution in [2.24, 2.45) is 0 Å². The van der Waals surface area contributed by atoms with Gasteiger partial charge in [0.25, 0.3) is 0 Å². The van der Waals surface area contributed by atoms with Gasteiger partial charge in [0.15, 0.2) is 11.5 Å². The number of phenols is 2. The molecule has 0 spiro atoms. The predicted molar refractivity (Wildman–Crippen MR) is 64.1 cm³/mol. The van der Waals surface area contributed by atoms with Gasteiger partial charge in [-0.25, -0.2) is 0 Å². The number of phenolic OH excluding ortho intramolecular Hbond substituents is 2. The van der Waals surface area contributed by atoms with E-state index in [4.69, 9.17) is 4.74 Å². The van der Waals surface area contributed by atoms with E-state index in [9.17, 15) is 15.0 Å². The van der Waals surface area contributed by atoms with Crippen LogP contribution in [0.1, 0.15) is 38.2 Å². The smallest absolute Gasteiger partial charge is 0.313 e. The zero-order valence-electron chi connectivity index (χ0n) is 10.1. The van der Waals surface area contributed by atoms with Crippen molar-refractivity contribution >= 4 is 5.97 Å². The average Bonchev–Trinajstić information content (AvgIpc) is 2.32. The number of hydrogen-bond acceptors (Lipinski definition) is 4. The second-order valence-corrected chi connectivity index (χ2v) is 3.99. The van der Waals surface area contributed by atoms with Crippen molar-refractivity contribution in [3.8, 4) is 11.5 Å². The van der Waals surface area contributed by atoms with Gasteiger partial charge >= 0.3 is 5.97 Å². The number of esters is 1. The maximum Gasteiger partial charge on any atom is 0.313 e. The summed E-state index contributed by atoms with van der Waals surface area (Å²) in [5.74, 6) is -1.18. The Morgan fingerprint density at radius 1 is 1.35 bits per heavy atom. The van der Waals surface area contributed by atoms with Gasteiger partial charge in [0.1, 0.15) is 0 Å². The third-order valence-corrected chi connectivity index (χ3v) is 2.60. The molecular formula is C13H18O4. The molecule has 0 radical (unpaired) electrons. The first-order valence-corrected chi connectivity index (χ1v) is 5.74. The maximum atomic E-state index is 11.6. The van der Waals surface area contributed by atoms with E-state index in [2.05, 4.69) is 0 Å². The molecule has 1 unspecified atom stereocenters. The van der Waals surface area contributed by atoms with Crippen LogP contribution in [0.2, 0.25) is 0 Å². The number of rotatable bonds is 5. The van der Waals surface area contributed by atoms with Gasteiger partial charge in [0.2, 0.25) is 0 Å². The van der Waals surface area contributed by atoms with E-state index in [1.165, 1.54) is 12.1 Å². The van der Waals surface area contributed by atoms with Gasteiger partial charge in [-0.05, 0) is 31.0 Å². The van der Waals surface area contributed by atoms with E-state index in [0.717, 1.165) is 12.8 Å². The molecule has 0 fully saturated rings. The summed E-state index contributed by atoms with van der Waals surface area (Å²) in [6, 6.07) is 4.34. The number of carbonyl (C=O) groups excluding carboxylic acids is 1. The first-order chi connectivity index (χ1) is 8.06. The predicted octanol–water partition coefficient (Wildman–Crippen LogP) is 2.54. The van der Waals surface area contributed by atoms with E-state index in [0.29, 0.717) is 12.2 Å². The number of aromatic hydroxyl groups is 2. The van der Waals surface area contributed by atoms with Gasteiger partial charge in [0, 0.05) is 0 Å². The zero-order valence-corrected chi connectivity index (χ0v) is 10.1. The van der Waals surface area contributed by atoms with Crippen LogP contribution in [0.15, 0.2) is 18.2 Å². The summed E-state index contributed by atoms with van der Waals surface area (Å²) in [4.78, 5) is 11.6. The van der Waals surface area contributed by atoms with Crippen LogP contribution < -0.4 is 0 Å². The van der Waals surface area contributed by atoms with Crippen LogP contribution in [0.4, 0.5) is 0 Å². The Labute approximate surface area is 101 Å². The molecule has 0 saturated carbocycles. The molecule has 4 heteroatoms. The Hall–Kier alpha value is -1.71. The summed E-state index contributed by atoms with van der Waals surface area (Å²) < 4.78 is 5.09. The molecule has 1 aromatic rings. The number of hydrogen-bond donors (Lipinski definition) is 2. The first kappa shape index (κ1) is 13.4. The Balaban J connectivity index is 2.65. The van der Waals surface area contributed by atoms with Crippen molar-refractivity contribution in [2.45, 2.75) is 32.6 Å². The molecule has 17 heavy (non-hydrogen) atoms. The summed E-state index contributed by atoms with van der Waals surface area (Å²) in [5.41, 5.74) is 0.627. The molecule has 0 aliphatic rings. The lowest BCUT2D eigenvalue weighted by Crippen LogP contribution is -2.13. The summed E-state index contributed by atoms with van der Waals surface area (Å²) >= 11 is 0. The lowest BCUT2D eigenvalue weighted by Gasteiger charge is -2.12. The molecular weight excluding hydrogens is 220 g/mol. The lowest BCUT2D eigenvalue weighted by molar-refractivity contribution is -0.145. The summed E-state index contributed by atoms with van der Waals surface area (Å²) in [6.45, 7) is 4.15. The number of carbonyl (C=O) groups is 1. The fraction of sp³-hybridized carbons (Fsp3) is 0.462. The highest BCUT2D eigenvalue weighted by Crippen LogP contribution is 2.28. The van der Waals surface area contributed by atoms with E-state index >= 15 is 0 Å². The van der Waals surface area contributed by atoms with Crippen molar-refractivity contribution in [1.82, 2.24) is 0 Å². The highest BCUT2D eigenvalue weighted by Gasteiger charge is 2.17. The Kier molecular flexibility index (Phi) is 4.82. The van der Waals surface area contributed by atoms with Crippen LogP contribution in [-0.2, 0) is 9.53 Å². The Bertz CT molecular complexity index is 387. The molecule has 0 heterocycles. The maximum absolute atomic E-state index is 11.6. The minimum absolute atomic E-state index is 0.194. The van der Waals surface area contributed by atoms with Crippen molar-refractivity contribution in [2.75, 3.05) is 6.61 Å². The molecule has 0 aliphatic carbocycles. The molecule has 0 bridgehead atoms. The van der Waals surface area contributed by atoms with Crippen LogP contribution in [0.5, 0.6) is 11.5 Å². The van der Waals surface area contributed by atoms with Crippen LogP contribution in [0, 0.1) is 0 Å². The highest BCUT2D eigenvalue weighted by atomic mass is 16.5. The molecule has 1 atom stereocenters. The van der Waals surface area contributed by atoms with E-state index < -0.39 is 5.92 Å². The van der Waals surface area contributed by atoms with E-state index in [-0.39, 0.29) is 17.5 Å². The quantitative estimate of drug-likeness (QED) is 0.470. The normalized spacial score (nSPS) is 12.1. The molecule has 0 aliphatic heterocycles. The molecule has 1 aromatic carbocycles. The van der Waals surface area contributed by atoms with Gasteiger partial charge in [0.05, 0.1) is 12.5 Å². The lowest BCUT2D eigenvalue weighted by atomic mass is 10.0. The minimum atomic E-state index is -0.446. The van der Waals surface area contributed by atoms with Crippen LogP contribution >= 0.6 is 0 Å². The summed E-state index contributed by atoms with van der Waals surface area (Å²) in [5, 5.41) is 18.5. The van der Waals surface area contributed by atoms with Crippen molar-refractivity contribution in [3.05, 3.63) is 23.8 Å². The standard InChI is InChI=1S/C13H18O4/c1-3-4-7-17-13(16)9(2)10-5-6-11(14)12(15)8-10/h5-6,8-9,14-15H,3-4,7H2,1-2H3. The van der Waals surface area contributed by atoms with Crippen LogP contribution in [0.3, 0.4) is 0 Å². The van der Waals surface area contributed by atoms with Gasteiger partial charge in [-0.3, -0.25) is 4.79 Å². The SMILES string of the molecule is CCCCOC(=O)C(C)c1ccc(O)c(O)c1. The molecule has 94 valence electrons. The van der Waals surface area contributed by atoms with E-state index in [1.54, 1.807) is 13.0 Å². The second kappa shape index (κ2) is 6.13. The second-order valence-electron chi connectivity index (χ2n) is 3.99. The monoisotopic (exact) mass is 238 g/mol. The molecule has 4 nitrogen and oxygen atoms in total. The van der Waals surface area contributed by atoms with Crippen molar-refractivity contribution in [3.63, 3.8) is 0 Å². The topological polar surface area (TPSA) is 66.8 Å². The van der Waals surface area contributed by atoms with Crippen LogP contribution in [-0.4, -0.2) is 22.8 Å². The summed E-state index contributed by atoms with van der Waals surface area (Å²) in [6.07, 6.45) is 1.82. The Morgan fingerprint density at radius 2 is 2.06 bits per heavy atom. The molecule has 0 saturated heterocycles. The largest absolute Gasteiger partial charge is 0.504 e. The first-order valence-electron chi connectivity index (χ1n) is 5.74. The Morgan fingerprint density at radius 3 is 2.65 bits per heavy atom. The minimum Gasteiger partial charge on any atom is -0.504 e. The third kappa shape index (κ3) is 3.66.